The van der Waals surface area contributed by atoms with Crippen molar-refractivity contribution in [2.24, 2.45) is 0 Å². The molecule has 3 aromatic rings. The van der Waals surface area contributed by atoms with E-state index in [4.69, 9.17) is 19.2 Å². The molecule has 0 saturated heterocycles. The van der Waals surface area contributed by atoms with E-state index in [0.29, 0.717) is 35.3 Å². The Morgan fingerprint density at radius 2 is 1.92 bits per heavy atom. The van der Waals surface area contributed by atoms with E-state index in [2.05, 4.69) is 11.1 Å². The van der Waals surface area contributed by atoms with Crippen LogP contribution in [0.1, 0.15) is 18.2 Å². The maximum absolute atomic E-state index is 8.97. The van der Waals surface area contributed by atoms with E-state index < -0.39 is 0 Å². The molecule has 0 radical (unpaired) electrons. The quantitative estimate of drug-likeness (QED) is 0.681. The van der Waals surface area contributed by atoms with Gasteiger partial charge in [-0.2, -0.15) is 5.26 Å². The van der Waals surface area contributed by atoms with E-state index in [9.17, 15) is 0 Å². The SMILES string of the molecule is CCOc1cc(C#N)ccc1OCc1coc(-c2ccccc2)n1. The fourth-order valence-corrected chi connectivity index (χ4v) is 2.20. The average Bonchev–Trinajstić information content (AvgIpc) is 3.10. The third-order valence-electron chi connectivity index (χ3n) is 3.32. The van der Waals surface area contributed by atoms with Crippen molar-refractivity contribution >= 4 is 0 Å². The van der Waals surface area contributed by atoms with Crippen molar-refractivity contribution in [2.75, 3.05) is 6.61 Å². The number of nitrogens with zero attached hydrogens (tertiary/aromatic N) is 2. The van der Waals surface area contributed by atoms with Crippen molar-refractivity contribution in [3.63, 3.8) is 0 Å². The van der Waals surface area contributed by atoms with Gasteiger partial charge in [-0.1, -0.05) is 18.2 Å². The Labute approximate surface area is 140 Å². The van der Waals surface area contributed by atoms with Crippen molar-refractivity contribution in [1.82, 2.24) is 4.98 Å². The molecule has 120 valence electrons. The summed E-state index contributed by atoms with van der Waals surface area (Å²) in [6, 6.07) is 16.8. The van der Waals surface area contributed by atoms with Crippen LogP contribution in [0.3, 0.4) is 0 Å². The normalized spacial score (nSPS) is 10.2. The molecule has 0 amide bonds. The zero-order valence-corrected chi connectivity index (χ0v) is 13.2. The Kier molecular flexibility index (Phi) is 4.78. The smallest absolute Gasteiger partial charge is 0.226 e. The lowest BCUT2D eigenvalue weighted by atomic mass is 10.2. The molecule has 24 heavy (non-hydrogen) atoms. The predicted molar refractivity (Wildman–Crippen MR) is 88.6 cm³/mol. The van der Waals surface area contributed by atoms with E-state index >= 15 is 0 Å². The molecule has 0 aliphatic rings. The summed E-state index contributed by atoms with van der Waals surface area (Å²) >= 11 is 0. The van der Waals surface area contributed by atoms with Crippen LogP contribution >= 0.6 is 0 Å². The van der Waals surface area contributed by atoms with Crippen LogP contribution in [0.25, 0.3) is 11.5 Å². The molecule has 1 heterocycles. The monoisotopic (exact) mass is 320 g/mol. The summed E-state index contributed by atoms with van der Waals surface area (Å²) < 4.78 is 16.8. The van der Waals surface area contributed by atoms with Crippen molar-refractivity contribution < 1.29 is 13.9 Å². The van der Waals surface area contributed by atoms with Crippen molar-refractivity contribution in [2.45, 2.75) is 13.5 Å². The summed E-state index contributed by atoms with van der Waals surface area (Å²) in [4.78, 5) is 4.42. The minimum atomic E-state index is 0.252. The molecule has 0 bridgehead atoms. The van der Waals surface area contributed by atoms with Gasteiger partial charge in [0.05, 0.1) is 18.2 Å². The molecule has 5 heteroatoms. The summed E-state index contributed by atoms with van der Waals surface area (Å²) in [6.07, 6.45) is 1.58. The summed E-state index contributed by atoms with van der Waals surface area (Å²) in [6.45, 7) is 2.63. The Morgan fingerprint density at radius 1 is 1.08 bits per heavy atom. The van der Waals surface area contributed by atoms with E-state index in [1.807, 2.05) is 37.3 Å². The maximum Gasteiger partial charge on any atom is 0.226 e. The molecular formula is C19H16N2O3. The van der Waals surface area contributed by atoms with Gasteiger partial charge in [-0.15, -0.1) is 0 Å². The van der Waals surface area contributed by atoms with Crippen LogP contribution in [0.2, 0.25) is 0 Å². The van der Waals surface area contributed by atoms with Crippen LogP contribution in [0.15, 0.2) is 59.2 Å². The molecule has 0 atom stereocenters. The third-order valence-corrected chi connectivity index (χ3v) is 3.32. The number of oxazole rings is 1. The second-order valence-electron chi connectivity index (χ2n) is 5.01. The summed E-state index contributed by atoms with van der Waals surface area (Å²) in [5.41, 5.74) is 2.12. The minimum Gasteiger partial charge on any atom is -0.490 e. The highest BCUT2D eigenvalue weighted by atomic mass is 16.5. The van der Waals surface area contributed by atoms with Gasteiger partial charge in [0.15, 0.2) is 11.5 Å². The first-order valence-corrected chi connectivity index (χ1v) is 7.59. The lowest BCUT2D eigenvalue weighted by molar-refractivity contribution is 0.266. The first-order valence-electron chi connectivity index (χ1n) is 7.59. The molecule has 0 aliphatic heterocycles. The average molecular weight is 320 g/mol. The lowest BCUT2D eigenvalue weighted by Crippen LogP contribution is -2.00. The van der Waals surface area contributed by atoms with E-state index in [1.165, 1.54) is 0 Å². The summed E-state index contributed by atoms with van der Waals surface area (Å²) in [5, 5.41) is 8.97. The predicted octanol–water partition coefficient (Wildman–Crippen LogP) is 4.19. The molecule has 0 fully saturated rings. The van der Waals surface area contributed by atoms with Gasteiger partial charge in [-0.25, -0.2) is 4.98 Å². The highest BCUT2D eigenvalue weighted by Gasteiger charge is 2.10. The topological polar surface area (TPSA) is 68.3 Å². The minimum absolute atomic E-state index is 0.252. The van der Waals surface area contributed by atoms with Crippen molar-refractivity contribution in [3.05, 3.63) is 66.1 Å². The Balaban J connectivity index is 1.72. The molecule has 1 aromatic heterocycles. The van der Waals surface area contributed by atoms with E-state index in [0.717, 1.165) is 5.56 Å². The summed E-state index contributed by atoms with van der Waals surface area (Å²) in [7, 11) is 0. The van der Waals surface area contributed by atoms with Crippen LogP contribution in [0.4, 0.5) is 0 Å². The molecule has 3 rings (SSSR count). The number of benzene rings is 2. The largest absolute Gasteiger partial charge is 0.490 e. The molecule has 5 nitrogen and oxygen atoms in total. The fraction of sp³-hybridized carbons (Fsp3) is 0.158. The third kappa shape index (κ3) is 3.55. The van der Waals surface area contributed by atoms with Gasteiger partial charge in [-0.05, 0) is 31.2 Å². The van der Waals surface area contributed by atoms with Gasteiger partial charge < -0.3 is 13.9 Å². The second-order valence-corrected chi connectivity index (χ2v) is 5.01. The Morgan fingerprint density at radius 3 is 2.67 bits per heavy atom. The summed E-state index contributed by atoms with van der Waals surface area (Å²) in [5.74, 6) is 1.67. The van der Waals surface area contributed by atoms with Crippen LogP contribution in [-0.2, 0) is 6.61 Å². The maximum atomic E-state index is 8.97. The van der Waals surface area contributed by atoms with Crippen LogP contribution in [0.5, 0.6) is 11.5 Å². The fourth-order valence-electron chi connectivity index (χ4n) is 2.20. The van der Waals surface area contributed by atoms with Gasteiger partial charge in [0, 0.05) is 11.6 Å². The van der Waals surface area contributed by atoms with E-state index in [-0.39, 0.29) is 6.61 Å². The number of nitriles is 1. The van der Waals surface area contributed by atoms with Gasteiger partial charge in [0.25, 0.3) is 0 Å². The van der Waals surface area contributed by atoms with Crippen LogP contribution in [0, 0.1) is 11.3 Å². The molecule has 0 aliphatic carbocycles. The van der Waals surface area contributed by atoms with Crippen molar-refractivity contribution in [3.8, 4) is 29.0 Å². The first-order chi connectivity index (χ1) is 11.8. The molecule has 0 saturated carbocycles. The first kappa shape index (κ1) is 15.6. The molecule has 0 N–H and O–H groups in total. The van der Waals surface area contributed by atoms with Gasteiger partial charge >= 0.3 is 0 Å². The number of rotatable bonds is 6. The number of hydrogen-bond acceptors (Lipinski definition) is 5. The molecular weight excluding hydrogens is 304 g/mol. The van der Waals surface area contributed by atoms with E-state index in [1.54, 1.807) is 24.5 Å². The lowest BCUT2D eigenvalue weighted by Gasteiger charge is -2.11. The van der Waals surface area contributed by atoms with Crippen molar-refractivity contribution in [1.29, 1.82) is 5.26 Å². The van der Waals surface area contributed by atoms with Gasteiger partial charge in [-0.3, -0.25) is 0 Å². The zero-order valence-electron chi connectivity index (χ0n) is 13.2. The number of hydrogen-bond donors (Lipinski definition) is 0. The van der Waals surface area contributed by atoms with Crippen LogP contribution in [-0.4, -0.2) is 11.6 Å². The number of ether oxygens (including phenoxy) is 2. The van der Waals surface area contributed by atoms with Gasteiger partial charge in [0.1, 0.15) is 18.6 Å². The standard InChI is InChI=1S/C19H16N2O3/c1-2-22-18-10-14(11-20)8-9-17(18)23-12-16-13-24-19(21-16)15-6-4-3-5-7-15/h3-10,13H,2,12H2,1H3. The molecule has 0 spiro atoms. The molecule has 0 unspecified atom stereocenters. The highest BCUT2D eigenvalue weighted by Crippen LogP contribution is 2.29. The molecule has 2 aromatic carbocycles. The second kappa shape index (κ2) is 7.34. The Hall–Kier alpha value is -3.26. The number of aromatic nitrogens is 1. The van der Waals surface area contributed by atoms with Crippen LogP contribution < -0.4 is 9.47 Å². The zero-order chi connectivity index (χ0) is 16.8. The Bertz CT molecular complexity index is 851. The highest BCUT2D eigenvalue weighted by molar-refractivity contribution is 5.52. The van der Waals surface area contributed by atoms with Gasteiger partial charge in [0.2, 0.25) is 5.89 Å².